The molecule has 0 aromatic heterocycles. The monoisotopic (exact) mass is 288 g/mol. The van der Waals surface area contributed by atoms with Gasteiger partial charge < -0.3 is 7.96 Å². The number of phenolic OH excluding ortho intramolecular Hbond substituents is 1. The molecule has 0 saturated carbocycles. The van der Waals surface area contributed by atoms with Crippen LogP contribution in [0.2, 0.25) is 0 Å². The molecule has 0 atom stereocenters. The van der Waals surface area contributed by atoms with Gasteiger partial charge in [-0.25, -0.2) is 0 Å². The van der Waals surface area contributed by atoms with Gasteiger partial charge in [0.05, 0.1) is 0 Å². The molecule has 1 nitrogen and oxygen atoms in total. The Morgan fingerprint density at radius 2 is 1.62 bits per heavy atom. The normalized spacial score (nSPS) is 7.50. The van der Waals surface area contributed by atoms with Gasteiger partial charge in [0.25, 0.3) is 0 Å². The molecule has 8 heavy (non-hydrogen) atoms. The van der Waals surface area contributed by atoms with Crippen LogP contribution >= 0.6 is 0 Å². The van der Waals surface area contributed by atoms with Gasteiger partial charge in [0.2, 0.25) is 0 Å². The van der Waals surface area contributed by atoms with Gasteiger partial charge >= 0.3 is 19.8 Å². The van der Waals surface area contributed by atoms with Gasteiger partial charge in [-0.3, -0.25) is 0 Å². The van der Waals surface area contributed by atoms with E-state index in [1.807, 2.05) is 6.07 Å². The molecule has 1 rings (SSSR count). The zero-order chi connectivity index (χ0) is 5.11. The van der Waals surface area contributed by atoms with E-state index in [9.17, 15) is 0 Å². The third-order valence-electron chi connectivity index (χ3n) is 0.756. The minimum absolute atomic E-state index is 0. The molecule has 0 aliphatic heterocycles. The molecule has 0 aliphatic rings. The number of para-hydroxylation sites is 1. The van der Waals surface area contributed by atoms with Crippen LogP contribution in [0.4, 0.5) is 0 Å². The smallest absolute Gasteiger partial charge is 1.00 e. The summed E-state index contributed by atoms with van der Waals surface area (Å²) in [7, 11) is 0. The van der Waals surface area contributed by atoms with Crippen molar-refractivity contribution in [3.63, 3.8) is 0 Å². The maximum Gasteiger partial charge on any atom is 2.00 e. The fourth-order valence-corrected chi connectivity index (χ4v) is 0.428. The van der Waals surface area contributed by atoms with Crippen LogP contribution < -0.4 is 0 Å². The molecular formula is C6H8OOs. The Morgan fingerprint density at radius 3 is 1.88 bits per heavy atom. The first kappa shape index (κ1) is 7.66. The van der Waals surface area contributed by atoms with E-state index in [1.54, 1.807) is 24.3 Å². The Labute approximate surface area is 64.4 Å². The van der Waals surface area contributed by atoms with Crippen molar-refractivity contribution in [3.05, 3.63) is 30.3 Å². The van der Waals surface area contributed by atoms with Crippen LogP contribution in [0, 0.1) is 0 Å². The average molecular weight is 286 g/mol. The average Bonchev–Trinajstić information content (AvgIpc) is 1.69. The standard InChI is InChI=1S/C6H6O.Os.2H/c7-6-4-2-1-3-5-6;;;/h1-5,7H;;;/q;+2;2*-1. The maximum absolute atomic E-state index is 8.63. The van der Waals surface area contributed by atoms with Gasteiger partial charge in [-0.15, -0.1) is 0 Å². The molecule has 1 aromatic carbocycles. The molecule has 0 unspecified atom stereocenters. The Balaban J connectivity index is -0.000000163. The van der Waals surface area contributed by atoms with Gasteiger partial charge in [0.15, 0.2) is 0 Å². The predicted molar refractivity (Wildman–Crippen MR) is 30.3 cm³/mol. The van der Waals surface area contributed by atoms with Crippen molar-refractivity contribution in [1.82, 2.24) is 0 Å². The molecule has 0 fully saturated rings. The summed E-state index contributed by atoms with van der Waals surface area (Å²) in [6, 6.07) is 8.71. The van der Waals surface area contributed by atoms with Crippen molar-refractivity contribution in [2.24, 2.45) is 0 Å². The van der Waals surface area contributed by atoms with E-state index < -0.39 is 0 Å². The van der Waals surface area contributed by atoms with Crippen molar-refractivity contribution < 1.29 is 27.8 Å². The molecule has 0 saturated heterocycles. The number of phenols is 1. The minimum atomic E-state index is 0. The summed E-state index contributed by atoms with van der Waals surface area (Å²) >= 11 is 0. The van der Waals surface area contributed by atoms with Crippen LogP contribution in [-0.2, 0) is 19.8 Å². The third-order valence-corrected chi connectivity index (χ3v) is 0.756. The summed E-state index contributed by atoms with van der Waals surface area (Å²) < 4.78 is 0. The number of aromatic hydroxyl groups is 1. The van der Waals surface area contributed by atoms with Gasteiger partial charge in [-0.2, -0.15) is 0 Å². The Hall–Kier alpha value is -0.344. The van der Waals surface area contributed by atoms with Gasteiger partial charge in [0, 0.05) is 0 Å². The number of benzene rings is 1. The molecule has 0 radical (unpaired) electrons. The van der Waals surface area contributed by atoms with Crippen LogP contribution in [0.5, 0.6) is 5.75 Å². The Bertz CT molecular complexity index is 146. The van der Waals surface area contributed by atoms with E-state index in [-0.39, 0.29) is 22.6 Å². The van der Waals surface area contributed by atoms with Crippen LogP contribution in [0.15, 0.2) is 30.3 Å². The summed E-state index contributed by atoms with van der Waals surface area (Å²) in [6.45, 7) is 0. The molecule has 0 spiro atoms. The second kappa shape index (κ2) is 3.63. The molecule has 2 heteroatoms. The minimum Gasteiger partial charge on any atom is -1.00 e. The second-order valence-corrected chi connectivity index (χ2v) is 1.34. The van der Waals surface area contributed by atoms with E-state index in [0.29, 0.717) is 5.75 Å². The second-order valence-electron chi connectivity index (χ2n) is 1.34. The number of hydrogen-bond donors (Lipinski definition) is 1. The first-order valence-corrected chi connectivity index (χ1v) is 2.13. The topological polar surface area (TPSA) is 20.2 Å². The van der Waals surface area contributed by atoms with Crippen molar-refractivity contribution in [3.8, 4) is 5.75 Å². The Morgan fingerprint density at radius 1 is 1.12 bits per heavy atom. The van der Waals surface area contributed by atoms with Gasteiger partial charge in [-0.05, 0) is 12.1 Å². The van der Waals surface area contributed by atoms with Gasteiger partial charge in [0.1, 0.15) is 5.75 Å². The molecule has 1 N–H and O–H groups in total. The Kier molecular flexibility index (Phi) is 3.48. The molecule has 0 aliphatic carbocycles. The molecule has 1 aromatic rings. The summed E-state index contributed by atoms with van der Waals surface area (Å²) in [4.78, 5) is 0. The fourth-order valence-electron chi connectivity index (χ4n) is 0.428. The molecular weight excluding hydrogens is 278 g/mol. The SMILES string of the molecule is Oc1ccccc1.[H-].[H-].[Os+2]. The zero-order valence-electron chi connectivity index (χ0n) is 6.19. The van der Waals surface area contributed by atoms with Crippen molar-refractivity contribution >= 4 is 0 Å². The first-order chi connectivity index (χ1) is 3.39. The first-order valence-electron chi connectivity index (χ1n) is 2.13. The number of hydrogen-bond acceptors (Lipinski definition) is 1. The van der Waals surface area contributed by atoms with Crippen LogP contribution in [0.3, 0.4) is 0 Å². The van der Waals surface area contributed by atoms with E-state index in [1.165, 1.54) is 0 Å². The van der Waals surface area contributed by atoms with Crippen molar-refractivity contribution in [1.29, 1.82) is 0 Å². The quantitative estimate of drug-likeness (QED) is 0.768. The summed E-state index contributed by atoms with van der Waals surface area (Å²) in [5.74, 6) is 0.322. The van der Waals surface area contributed by atoms with Crippen LogP contribution in [-0.4, -0.2) is 5.11 Å². The third kappa shape index (κ3) is 2.09. The molecule has 0 heterocycles. The molecule has 46 valence electrons. The van der Waals surface area contributed by atoms with Gasteiger partial charge in [-0.1, -0.05) is 18.2 Å². The largest absolute Gasteiger partial charge is 2.00 e. The van der Waals surface area contributed by atoms with Crippen molar-refractivity contribution in [2.45, 2.75) is 0 Å². The molecule has 0 amide bonds. The van der Waals surface area contributed by atoms with E-state index in [0.717, 1.165) is 0 Å². The van der Waals surface area contributed by atoms with E-state index in [4.69, 9.17) is 5.11 Å². The maximum atomic E-state index is 8.63. The molecule has 0 bridgehead atoms. The predicted octanol–water partition coefficient (Wildman–Crippen LogP) is 1.61. The van der Waals surface area contributed by atoms with E-state index in [2.05, 4.69) is 0 Å². The fraction of sp³-hybridized carbons (Fsp3) is 0. The summed E-state index contributed by atoms with van der Waals surface area (Å²) in [5, 5.41) is 8.63. The summed E-state index contributed by atoms with van der Waals surface area (Å²) in [5.41, 5.74) is 0. The van der Waals surface area contributed by atoms with E-state index >= 15 is 0 Å². The van der Waals surface area contributed by atoms with Crippen LogP contribution in [0.25, 0.3) is 0 Å². The number of rotatable bonds is 0. The van der Waals surface area contributed by atoms with Crippen molar-refractivity contribution in [2.75, 3.05) is 0 Å². The zero-order valence-corrected chi connectivity index (χ0v) is 6.73. The van der Waals surface area contributed by atoms with Crippen LogP contribution in [0.1, 0.15) is 2.85 Å². The summed E-state index contributed by atoms with van der Waals surface area (Å²) in [6.07, 6.45) is 0.